The van der Waals surface area contributed by atoms with Crippen LogP contribution in [-0.4, -0.2) is 25.2 Å². The molecule has 122 valence electrons. The number of fused-ring (bicyclic) bond motifs is 1. The molecular formula is C19H17NO4. The maximum absolute atomic E-state index is 12.5. The molecule has 0 fully saturated rings. The predicted molar refractivity (Wildman–Crippen MR) is 92.3 cm³/mol. The average Bonchev–Trinajstić information content (AvgIpc) is 2.62. The van der Waals surface area contributed by atoms with Gasteiger partial charge >= 0.3 is 5.97 Å². The van der Waals surface area contributed by atoms with Crippen LogP contribution in [0.5, 0.6) is 5.75 Å². The van der Waals surface area contributed by atoms with Gasteiger partial charge in [0.05, 0.1) is 20.6 Å². The summed E-state index contributed by atoms with van der Waals surface area (Å²) in [6.07, 6.45) is -0.0940. The van der Waals surface area contributed by atoms with Crippen LogP contribution in [0.15, 0.2) is 53.3 Å². The molecule has 0 aliphatic heterocycles. The van der Waals surface area contributed by atoms with Crippen molar-refractivity contribution in [3.05, 3.63) is 64.4 Å². The SMILES string of the molecule is COC(=O)Cc1c(-c2cccc(OC)c2)c2ccccc2[nH]c1=O. The summed E-state index contributed by atoms with van der Waals surface area (Å²) in [5, 5.41) is 0.865. The van der Waals surface area contributed by atoms with E-state index in [0.29, 0.717) is 16.8 Å². The van der Waals surface area contributed by atoms with Crippen LogP contribution in [0.25, 0.3) is 22.0 Å². The molecule has 0 aliphatic rings. The van der Waals surface area contributed by atoms with Crippen molar-refractivity contribution in [2.75, 3.05) is 14.2 Å². The second-order valence-electron chi connectivity index (χ2n) is 5.34. The van der Waals surface area contributed by atoms with Crippen molar-refractivity contribution in [3.8, 4) is 16.9 Å². The number of methoxy groups -OCH3 is 2. The molecule has 0 spiro atoms. The fraction of sp³-hybridized carbons (Fsp3) is 0.158. The molecule has 0 bridgehead atoms. The molecule has 1 heterocycles. The molecule has 0 saturated carbocycles. The van der Waals surface area contributed by atoms with Gasteiger partial charge in [-0.05, 0) is 23.8 Å². The summed E-state index contributed by atoms with van der Waals surface area (Å²) in [6, 6.07) is 14.9. The van der Waals surface area contributed by atoms with E-state index in [1.807, 2.05) is 48.5 Å². The Morgan fingerprint density at radius 3 is 2.62 bits per heavy atom. The molecule has 0 atom stereocenters. The van der Waals surface area contributed by atoms with Crippen molar-refractivity contribution in [2.45, 2.75) is 6.42 Å². The van der Waals surface area contributed by atoms with Gasteiger partial charge in [-0.25, -0.2) is 0 Å². The van der Waals surface area contributed by atoms with Gasteiger partial charge in [0.25, 0.3) is 5.56 Å². The molecule has 24 heavy (non-hydrogen) atoms. The largest absolute Gasteiger partial charge is 0.497 e. The molecule has 0 saturated heterocycles. The van der Waals surface area contributed by atoms with Gasteiger partial charge in [0.15, 0.2) is 0 Å². The Balaban J connectivity index is 2.34. The molecule has 2 aromatic carbocycles. The van der Waals surface area contributed by atoms with E-state index < -0.39 is 5.97 Å². The third-order valence-corrected chi connectivity index (χ3v) is 3.93. The minimum atomic E-state index is -0.458. The first-order valence-corrected chi connectivity index (χ1v) is 7.49. The molecule has 5 nitrogen and oxygen atoms in total. The van der Waals surface area contributed by atoms with Crippen molar-refractivity contribution in [1.82, 2.24) is 4.98 Å². The van der Waals surface area contributed by atoms with Crippen molar-refractivity contribution in [3.63, 3.8) is 0 Å². The summed E-state index contributed by atoms with van der Waals surface area (Å²) in [7, 11) is 2.90. The summed E-state index contributed by atoms with van der Waals surface area (Å²) in [4.78, 5) is 27.1. The number of aromatic amines is 1. The van der Waals surface area contributed by atoms with Crippen LogP contribution < -0.4 is 10.3 Å². The van der Waals surface area contributed by atoms with E-state index in [1.165, 1.54) is 7.11 Å². The zero-order valence-corrected chi connectivity index (χ0v) is 13.5. The number of carbonyl (C=O) groups excluding carboxylic acids is 1. The lowest BCUT2D eigenvalue weighted by atomic mass is 9.94. The Bertz CT molecular complexity index is 959. The first kappa shape index (κ1) is 15.8. The Morgan fingerprint density at radius 1 is 1.08 bits per heavy atom. The topological polar surface area (TPSA) is 68.4 Å². The number of pyridine rings is 1. The van der Waals surface area contributed by atoms with Crippen LogP contribution in [0.1, 0.15) is 5.56 Å². The van der Waals surface area contributed by atoms with Gasteiger partial charge in [0.1, 0.15) is 5.75 Å². The highest BCUT2D eigenvalue weighted by molar-refractivity contribution is 5.97. The van der Waals surface area contributed by atoms with Crippen molar-refractivity contribution in [1.29, 1.82) is 0 Å². The lowest BCUT2D eigenvalue weighted by molar-refractivity contribution is -0.139. The minimum Gasteiger partial charge on any atom is -0.497 e. The summed E-state index contributed by atoms with van der Waals surface area (Å²) in [5.41, 5.74) is 2.34. The number of hydrogen-bond acceptors (Lipinski definition) is 4. The first-order valence-electron chi connectivity index (χ1n) is 7.49. The number of H-pyrrole nitrogens is 1. The van der Waals surface area contributed by atoms with E-state index in [4.69, 9.17) is 9.47 Å². The minimum absolute atomic E-state index is 0.0940. The van der Waals surface area contributed by atoms with E-state index in [2.05, 4.69) is 4.98 Å². The van der Waals surface area contributed by atoms with Crippen molar-refractivity contribution in [2.24, 2.45) is 0 Å². The van der Waals surface area contributed by atoms with Crippen LogP contribution in [0.2, 0.25) is 0 Å². The smallest absolute Gasteiger partial charge is 0.310 e. The van der Waals surface area contributed by atoms with Crippen molar-refractivity contribution < 1.29 is 14.3 Å². The number of nitrogens with one attached hydrogen (secondary N) is 1. The Morgan fingerprint density at radius 2 is 1.88 bits per heavy atom. The molecule has 0 unspecified atom stereocenters. The molecule has 3 rings (SSSR count). The van der Waals surface area contributed by atoms with Gasteiger partial charge < -0.3 is 14.5 Å². The summed E-state index contributed by atoms with van der Waals surface area (Å²) < 4.78 is 10.0. The van der Waals surface area contributed by atoms with Gasteiger partial charge in [-0.1, -0.05) is 30.3 Å². The van der Waals surface area contributed by atoms with Gasteiger partial charge in [-0.2, -0.15) is 0 Å². The average molecular weight is 323 g/mol. The highest BCUT2D eigenvalue weighted by atomic mass is 16.5. The Labute approximate surface area is 138 Å². The zero-order chi connectivity index (χ0) is 17.1. The number of aromatic nitrogens is 1. The van der Waals surface area contributed by atoms with Gasteiger partial charge in [-0.3, -0.25) is 9.59 Å². The quantitative estimate of drug-likeness (QED) is 0.750. The Hall–Kier alpha value is -3.08. The molecule has 0 amide bonds. The summed E-state index contributed by atoms with van der Waals surface area (Å²) in [5.74, 6) is 0.223. The van der Waals surface area contributed by atoms with E-state index in [9.17, 15) is 9.59 Å². The number of benzene rings is 2. The maximum atomic E-state index is 12.5. The molecular weight excluding hydrogens is 306 g/mol. The first-order chi connectivity index (χ1) is 11.6. The van der Waals surface area contributed by atoms with E-state index in [-0.39, 0.29) is 12.0 Å². The predicted octanol–water partition coefficient (Wildman–Crippen LogP) is 2.92. The number of hydrogen-bond donors (Lipinski definition) is 1. The summed E-state index contributed by atoms with van der Waals surface area (Å²) >= 11 is 0. The number of para-hydroxylation sites is 1. The number of esters is 1. The Kier molecular flexibility index (Phi) is 4.33. The molecule has 3 aromatic rings. The van der Waals surface area contributed by atoms with Crippen LogP contribution in [0.3, 0.4) is 0 Å². The van der Waals surface area contributed by atoms with Crippen LogP contribution in [-0.2, 0) is 16.0 Å². The second-order valence-corrected chi connectivity index (χ2v) is 5.34. The molecule has 5 heteroatoms. The van der Waals surface area contributed by atoms with Crippen LogP contribution in [0, 0.1) is 0 Å². The zero-order valence-electron chi connectivity index (χ0n) is 13.5. The monoisotopic (exact) mass is 323 g/mol. The van der Waals surface area contributed by atoms with Crippen molar-refractivity contribution >= 4 is 16.9 Å². The second kappa shape index (κ2) is 6.58. The lowest BCUT2D eigenvalue weighted by Crippen LogP contribution is -2.19. The van der Waals surface area contributed by atoms with Gasteiger partial charge in [-0.15, -0.1) is 0 Å². The lowest BCUT2D eigenvalue weighted by Gasteiger charge is -2.13. The standard InChI is InChI=1S/C19H17NO4/c1-23-13-7-5-6-12(10-13)18-14-8-3-4-9-16(14)20-19(22)15(18)11-17(21)24-2/h3-10H,11H2,1-2H3,(H,20,22). The van der Waals surface area contributed by atoms with Crippen LogP contribution in [0.4, 0.5) is 0 Å². The van der Waals surface area contributed by atoms with E-state index in [1.54, 1.807) is 7.11 Å². The third kappa shape index (κ3) is 2.88. The van der Waals surface area contributed by atoms with E-state index >= 15 is 0 Å². The highest BCUT2D eigenvalue weighted by Gasteiger charge is 2.17. The maximum Gasteiger partial charge on any atom is 0.310 e. The number of ether oxygens (including phenoxy) is 2. The van der Waals surface area contributed by atoms with Gasteiger partial charge in [0, 0.05) is 22.0 Å². The highest BCUT2D eigenvalue weighted by Crippen LogP contribution is 2.31. The number of rotatable bonds is 4. The number of carbonyl (C=O) groups is 1. The van der Waals surface area contributed by atoms with Crippen LogP contribution >= 0.6 is 0 Å². The van der Waals surface area contributed by atoms with E-state index in [0.717, 1.165) is 16.5 Å². The molecule has 1 aromatic heterocycles. The fourth-order valence-electron chi connectivity index (χ4n) is 2.78. The third-order valence-electron chi connectivity index (χ3n) is 3.93. The molecule has 0 radical (unpaired) electrons. The molecule has 1 N–H and O–H groups in total. The normalized spacial score (nSPS) is 10.6. The van der Waals surface area contributed by atoms with Gasteiger partial charge in [0.2, 0.25) is 0 Å². The molecule has 0 aliphatic carbocycles. The summed E-state index contributed by atoms with van der Waals surface area (Å²) in [6.45, 7) is 0. The fourth-order valence-corrected chi connectivity index (χ4v) is 2.78.